The third-order valence-electron chi connectivity index (χ3n) is 5.39. The van der Waals surface area contributed by atoms with E-state index in [1.165, 1.54) is 30.2 Å². The van der Waals surface area contributed by atoms with Crippen LogP contribution in [0.25, 0.3) is 5.76 Å². The van der Waals surface area contributed by atoms with Crippen LogP contribution in [-0.4, -0.2) is 29.0 Å². The molecular formula is C25H20ClNO5. The summed E-state index contributed by atoms with van der Waals surface area (Å²) in [5.74, 6) is -1.54. The summed E-state index contributed by atoms with van der Waals surface area (Å²) in [6.45, 7) is 1.92. The predicted octanol–water partition coefficient (Wildman–Crippen LogP) is 4.99. The fourth-order valence-corrected chi connectivity index (χ4v) is 3.93. The van der Waals surface area contributed by atoms with E-state index in [4.69, 9.17) is 16.3 Å². The molecule has 1 amide bonds. The first-order valence-corrected chi connectivity index (χ1v) is 10.2. The number of methoxy groups -OCH3 is 1. The van der Waals surface area contributed by atoms with Crippen molar-refractivity contribution in [3.63, 3.8) is 0 Å². The van der Waals surface area contributed by atoms with Gasteiger partial charge in [0.2, 0.25) is 0 Å². The smallest absolute Gasteiger partial charge is 0.300 e. The quantitative estimate of drug-likeness (QED) is 0.333. The lowest BCUT2D eigenvalue weighted by atomic mass is 9.95. The molecular weight excluding hydrogens is 430 g/mol. The lowest BCUT2D eigenvalue weighted by Crippen LogP contribution is -2.29. The van der Waals surface area contributed by atoms with E-state index in [9.17, 15) is 19.8 Å². The average Bonchev–Trinajstić information content (AvgIpc) is 3.05. The highest BCUT2D eigenvalue weighted by Gasteiger charge is 2.47. The number of aliphatic hydroxyl groups excluding tert-OH is 1. The molecule has 6 nitrogen and oxygen atoms in total. The Hall–Kier alpha value is -3.77. The fourth-order valence-electron chi connectivity index (χ4n) is 3.74. The second-order valence-electron chi connectivity index (χ2n) is 7.45. The molecule has 32 heavy (non-hydrogen) atoms. The molecule has 0 aromatic heterocycles. The van der Waals surface area contributed by atoms with E-state index in [1.807, 2.05) is 19.1 Å². The van der Waals surface area contributed by atoms with Gasteiger partial charge >= 0.3 is 0 Å². The molecule has 3 aromatic rings. The number of hydrogen-bond donors (Lipinski definition) is 2. The maximum absolute atomic E-state index is 13.1. The fraction of sp³-hybridized carbons (Fsp3) is 0.120. The van der Waals surface area contributed by atoms with Crippen molar-refractivity contribution >= 4 is 34.7 Å². The highest BCUT2D eigenvalue weighted by Crippen LogP contribution is 2.43. The molecule has 0 bridgehead atoms. The summed E-state index contributed by atoms with van der Waals surface area (Å²) in [5.41, 5.74) is 2.30. The molecule has 0 radical (unpaired) electrons. The van der Waals surface area contributed by atoms with E-state index in [0.29, 0.717) is 22.0 Å². The summed E-state index contributed by atoms with van der Waals surface area (Å²) in [5, 5.41) is 21.2. The van der Waals surface area contributed by atoms with Crippen molar-refractivity contribution in [3.05, 3.63) is 94.0 Å². The Labute approximate surface area is 189 Å². The van der Waals surface area contributed by atoms with Crippen LogP contribution in [0.15, 0.2) is 72.3 Å². The van der Waals surface area contributed by atoms with Gasteiger partial charge in [-0.3, -0.25) is 14.5 Å². The number of phenolic OH excluding ortho intramolecular Hbond substituents is 1. The van der Waals surface area contributed by atoms with E-state index in [1.54, 1.807) is 36.4 Å². The monoisotopic (exact) mass is 449 g/mol. The van der Waals surface area contributed by atoms with Crippen molar-refractivity contribution in [1.82, 2.24) is 0 Å². The lowest BCUT2D eigenvalue weighted by Gasteiger charge is -2.25. The number of rotatable bonds is 4. The van der Waals surface area contributed by atoms with Gasteiger partial charge in [0, 0.05) is 11.3 Å². The molecule has 162 valence electrons. The normalized spacial score (nSPS) is 17.6. The number of halogens is 1. The third-order valence-corrected chi connectivity index (χ3v) is 5.70. The number of Topliss-reactive ketones (excluding diaryl/α,β-unsaturated/α-hetero) is 1. The van der Waals surface area contributed by atoms with Gasteiger partial charge in [-0.15, -0.1) is 0 Å². The molecule has 1 heterocycles. The number of nitrogens with zero attached hydrogens (tertiary/aromatic N) is 1. The molecule has 3 aromatic carbocycles. The number of hydrogen-bond acceptors (Lipinski definition) is 5. The molecule has 1 unspecified atom stereocenters. The zero-order valence-electron chi connectivity index (χ0n) is 17.4. The van der Waals surface area contributed by atoms with Crippen LogP contribution in [0.4, 0.5) is 5.69 Å². The number of aryl methyl sites for hydroxylation is 1. The molecule has 1 saturated heterocycles. The van der Waals surface area contributed by atoms with Crippen molar-refractivity contribution in [2.45, 2.75) is 13.0 Å². The van der Waals surface area contributed by atoms with Crippen LogP contribution in [0.1, 0.15) is 22.7 Å². The Kier molecular flexibility index (Phi) is 5.63. The highest BCUT2D eigenvalue weighted by molar-refractivity contribution is 6.51. The van der Waals surface area contributed by atoms with E-state index in [0.717, 1.165) is 5.56 Å². The van der Waals surface area contributed by atoms with Crippen molar-refractivity contribution in [2.75, 3.05) is 12.0 Å². The minimum Gasteiger partial charge on any atom is -0.508 e. The third kappa shape index (κ3) is 3.69. The van der Waals surface area contributed by atoms with Crippen LogP contribution < -0.4 is 9.64 Å². The van der Waals surface area contributed by atoms with Gasteiger partial charge in [-0.05, 0) is 55.0 Å². The number of benzene rings is 3. The number of anilines is 1. The van der Waals surface area contributed by atoms with Gasteiger partial charge in [-0.25, -0.2) is 0 Å². The first-order chi connectivity index (χ1) is 15.3. The number of amides is 1. The van der Waals surface area contributed by atoms with Gasteiger partial charge in [0.15, 0.2) is 0 Å². The van der Waals surface area contributed by atoms with Gasteiger partial charge in [0.25, 0.3) is 11.7 Å². The van der Waals surface area contributed by atoms with Gasteiger partial charge in [0.05, 0.1) is 23.7 Å². The summed E-state index contributed by atoms with van der Waals surface area (Å²) >= 11 is 6.09. The summed E-state index contributed by atoms with van der Waals surface area (Å²) in [7, 11) is 1.44. The first-order valence-electron chi connectivity index (χ1n) is 9.82. The molecule has 0 saturated carbocycles. The molecule has 1 atom stereocenters. The topological polar surface area (TPSA) is 87.1 Å². The maximum atomic E-state index is 13.1. The Morgan fingerprint density at radius 2 is 1.66 bits per heavy atom. The number of carbonyl (C=O) groups is 2. The minimum absolute atomic E-state index is 0.0449. The standard InChI is InChI=1S/C25H20ClNO5/c1-14-3-8-17(9-4-14)27-22(15-5-10-18(28)11-6-15)21(24(30)25(27)31)23(29)16-7-12-19(26)20(13-16)32-2/h3-13,22,28-29H,1-2H3/b23-21-. The summed E-state index contributed by atoms with van der Waals surface area (Å²) in [6.07, 6.45) is 0. The van der Waals surface area contributed by atoms with Crippen LogP contribution in [0.2, 0.25) is 5.02 Å². The zero-order valence-corrected chi connectivity index (χ0v) is 18.1. The van der Waals surface area contributed by atoms with Gasteiger partial charge in [-0.1, -0.05) is 41.4 Å². The average molecular weight is 450 g/mol. The van der Waals surface area contributed by atoms with E-state index in [2.05, 4.69) is 0 Å². The maximum Gasteiger partial charge on any atom is 0.300 e. The molecule has 1 fully saturated rings. The van der Waals surface area contributed by atoms with Gasteiger partial charge < -0.3 is 14.9 Å². The van der Waals surface area contributed by atoms with Crippen molar-refractivity contribution in [3.8, 4) is 11.5 Å². The minimum atomic E-state index is -0.889. The van der Waals surface area contributed by atoms with E-state index >= 15 is 0 Å². The second kappa shape index (κ2) is 8.40. The molecule has 7 heteroatoms. The molecule has 4 rings (SSSR count). The number of ether oxygens (including phenoxy) is 1. The van der Waals surface area contributed by atoms with Crippen LogP contribution in [0, 0.1) is 6.92 Å². The Bertz CT molecular complexity index is 1230. The van der Waals surface area contributed by atoms with E-state index in [-0.39, 0.29) is 22.6 Å². The zero-order chi connectivity index (χ0) is 23.0. The first kappa shape index (κ1) is 21.5. The van der Waals surface area contributed by atoms with Crippen LogP contribution in [0.3, 0.4) is 0 Å². The van der Waals surface area contributed by atoms with Crippen LogP contribution in [0.5, 0.6) is 11.5 Å². The van der Waals surface area contributed by atoms with Crippen molar-refractivity contribution in [1.29, 1.82) is 0 Å². The highest BCUT2D eigenvalue weighted by atomic mass is 35.5. The van der Waals surface area contributed by atoms with Crippen LogP contribution >= 0.6 is 11.6 Å². The predicted molar refractivity (Wildman–Crippen MR) is 122 cm³/mol. The Morgan fingerprint density at radius 1 is 1.00 bits per heavy atom. The largest absolute Gasteiger partial charge is 0.508 e. The molecule has 1 aliphatic rings. The van der Waals surface area contributed by atoms with Crippen LogP contribution in [-0.2, 0) is 9.59 Å². The second-order valence-corrected chi connectivity index (χ2v) is 7.85. The number of carbonyl (C=O) groups excluding carboxylic acids is 2. The Balaban J connectivity index is 1.94. The van der Waals surface area contributed by atoms with Crippen molar-refractivity contribution < 1.29 is 24.5 Å². The van der Waals surface area contributed by atoms with Gasteiger partial charge in [-0.2, -0.15) is 0 Å². The van der Waals surface area contributed by atoms with E-state index < -0.39 is 17.7 Å². The summed E-state index contributed by atoms with van der Waals surface area (Å²) < 4.78 is 5.22. The molecule has 0 spiro atoms. The molecule has 2 N–H and O–H groups in total. The van der Waals surface area contributed by atoms with Crippen molar-refractivity contribution in [2.24, 2.45) is 0 Å². The molecule has 0 aliphatic carbocycles. The Morgan fingerprint density at radius 3 is 2.28 bits per heavy atom. The summed E-state index contributed by atoms with van der Waals surface area (Å²) in [6, 6.07) is 17.0. The number of aliphatic hydroxyl groups is 1. The number of aromatic hydroxyl groups is 1. The summed E-state index contributed by atoms with van der Waals surface area (Å²) in [4.78, 5) is 27.6. The molecule has 1 aliphatic heterocycles. The van der Waals surface area contributed by atoms with Gasteiger partial charge in [0.1, 0.15) is 17.3 Å². The lowest BCUT2D eigenvalue weighted by molar-refractivity contribution is -0.132. The number of phenols is 1. The number of ketones is 1. The SMILES string of the molecule is COc1cc(/C(O)=C2/C(=O)C(=O)N(c3ccc(C)cc3)C2c2ccc(O)cc2)ccc1Cl.